The Morgan fingerprint density at radius 3 is 2.26 bits per heavy atom. The van der Waals surface area contributed by atoms with Crippen molar-refractivity contribution < 1.29 is 0 Å². The van der Waals surface area contributed by atoms with Crippen LogP contribution in [0.1, 0.15) is 30.0 Å². The van der Waals surface area contributed by atoms with Crippen LogP contribution in [0.25, 0.3) is 0 Å². The molecule has 0 aliphatic carbocycles. The molecule has 0 unspecified atom stereocenters. The maximum atomic E-state index is 6.26. The van der Waals surface area contributed by atoms with Gasteiger partial charge in [0.25, 0.3) is 0 Å². The number of hydrogen-bond acceptors (Lipinski definition) is 3. The maximum Gasteiger partial charge on any atom is 0.0559 e. The third kappa shape index (κ3) is 3.11. The minimum atomic E-state index is 0. The van der Waals surface area contributed by atoms with Crippen molar-refractivity contribution in [3.8, 4) is 0 Å². The van der Waals surface area contributed by atoms with Crippen molar-refractivity contribution in [1.82, 2.24) is 0 Å². The maximum absolute atomic E-state index is 6.26. The summed E-state index contributed by atoms with van der Waals surface area (Å²) in [5, 5.41) is 4.20. The van der Waals surface area contributed by atoms with Crippen LogP contribution in [0.2, 0.25) is 0 Å². The molecule has 1 fully saturated rings. The Bertz CT molecular complexity index is 489. The summed E-state index contributed by atoms with van der Waals surface area (Å²) in [4.78, 5) is 2.44. The summed E-state index contributed by atoms with van der Waals surface area (Å²) in [5.41, 5.74) is 9.98. The van der Waals surface area contributed by atoms with E-state index in [1.165, 1.54) is 42.7 Å². The molecule has 0 amide bonds. The highest BCUT2D eigenvalue weighted by atomic mass is 35.5. The third-order valence-electron chi connectivity index (χ3n) is 3.63. The third-order valence-corrected chi connectivity index (χ3v) is 4.33. The normalized spacial score (nSPS) is 16.2. The Morgan fingerprint density at radius 1 is 1.00 bits per heavy atom. The van der Waals surface area contributed by atoms with E-state index in [1.54, 1.807) is 11.3 Å². The zero-order valence-electron chi connectivity index (χ0n) is 10.8. The topological polar surface area (TPSA) is 29.3 Å². The van der Waals surface area contributed by atoms with Crippen LogP contribution < -0.4 is 10.6 Å². The van der Waals surface area contributed by atoms with Gasteiger partial charge in [-0.2, -0.15) is 11.3 Å². The molecule has 102 valence electrons. The van der Waals surface area contributed by atoms with Crippen molar-refractivity contribution in [2.75, 3.05) is 18.0 Å². The van der Waals surface area contributed by atoms with E-state index < -0.39 is 0 Å². The van der Waals surface area contributed by atoms with E-state index in [0.29, 0.717) is 0 Å². The fourth-order valence-corrected chi connectivity index (χ4v) is 3.21. The molecule has 3 rings (SSSR count). The molecule has 2 aromatic rings. The molecule has 1 aliphatic rings. The van der Waals surface area contributed by atoms with E-state index in [1.807, 2.05) is 0 Å². The van der Waals surface area contributed by atoms with E-state index >= 15 is 0 Å². The van der Waals surface area contributed by atoms with E-state index in [4.69, 9.17) is 5.73 Å². The van der Waals surface area contributed by atoms with Crippen LogP contribution in [-0.4, -0.2) is 13.1 Å². The first-order chi connectivity index (χ1) is 8.84. The van der Waals surface area contributed by atoms with Crippen LogP contribution in [-0.2, 0) is 0 Å². The van der Waals surface area contributed by atoms with Crippen LogP contribution in [0, 0.1) is 0 Å². The van der Waals surface area contributed by atoms with Gasteiger partial charge in [0.15, 0.2) is 0 Å². The highest BCUT2D eigenvalue weighted by molar-refractivity contribution is 7.08. The van der Waals surface area contributed by atoms with Gasteiger partial charge in [0.1, 0.15) is 0 Å². The Kier molecular flexibility index (Phi) is 4.86. The molecule has 4 heteroatoms. The summed E-state index contributed by atoms with van der Waals surface area (Å²) >= 11 is 1.70. The fourth-order valence-electron chi connectivity index (χ4n) is 2.51. The molecular weight excluding hydrogens is 276 g/mol. The Labute approximate surface area is 124 Å². The number of benzene rings is 1. The van der Waals surface area contributed by atoms with Gasteiger partial charge in [0.2, 0.25) is 0 Å². The van der Waals surface area contributed by atoms with Gasteiger partial charge in [-0.05, 0) is 52.9 Å². The van der Waals surface area contributed by atoms with Gasteiger partial charge in [0, 0.05) is 18.8 Å². The van der Waals surface area contributed by atoms with Crippen LogP contribution in [0.4, 0.5) is 5.69 Å². The largest absolute Gasteiger partial charge is 0.372 e. The lowest BCUT2D eigenvalue weighted by Crippen LogP contribution is -2.17. The number of halogens is 1. The highest BCUT2D eigenvalue weighted by Crippen LogP contribution is 2.25. The minimum Gasteiger partial charge on any atom is -0.372 e. The first-order valence-electron chi connectivity index (χ1n) is 6.47. The van der Waals surface area contributed by atoms with Gasteiger partial charge in [-0.25, -0.2) is 0 Å². The van der Waals surface area contributed by atoms with Gasteiger partial charge in [0.05, 0.1) is 6.04 Å². The monoisotopic (exact) mass is 294 g/mol. The van der Waals surface area contributed by atoms with E-state index in [2.05, 4.69) is 46.0 Å². The first kappa shape index (κ1) is 14.4. The standard InChI is InChI=1S/C15H18N2S.ClH/c16-15(13-7-10-18-11-13)12-3-5-14(6-4-12)17-8-1-2-9-17;/h3-7,10-11,15H,1-2,8-9,16H2;1H/t15-;/m1./s1. The smallest absolute Gasteiger partial charge is 0.0559 e. The van der Waals surface area contributed by atoms with Crippen LogP contribution in [0.5, 0.6) is 0 Å². The van der Waals surface area contributed by atoms with Crippen molar-refractivity contribution in [3.05, 3.63) is 52.2 Å². The van der Waals surface area contributed by atoms with Gasteiger partial charge >= 0.3 is 0 Å². The molecule has 19 heavy (non-hydrogen) atoms. The number of hydrogen-bond donors (Lipinski definition) is 1. The molecule has 1 atom stereocenters. The minimum absolute atomic E-state index is 0. The summed E-state index contributed by atoms with van der Waals surface area (Å²) in [6.45, 7) is 2.38. The Morgan fingerprint density at radius 2 is 1.68 bits per heavy atom. The van der Waals surface area contributed by atoms with Gasteiger partial charge in [-0.1, -0.05) is 12.1 Å². The summed E-state index contributed by atoms with van der Waals surface area (Å²) in [7, 11) is 0. The van der Waals surface area contributed by atoms with Gasteiger partial charge in [-0.15, -0.1) is 12.4 Å². The van der Waals surface area contributed by atoms with E-state index in [9.17, 15) is 0 Å². The quantitative estimate of drug-likeness (QED) is 0.932. The van der Waals surface area contributed by atoms with Crippen molar-refractivity contribution in [3.63, 3.8) is 0 Å². The molecule has 2 N–H and O–H groups in total. The predicted molar refractivity (Wildman–Crippen MR) is 85.5 cm³/mol. The SMILES string of the molecule is Cl.N[C@H](c1ccc(N2CCCC2)cc1)c1ccsc1. The lowest BCUT2D eigenvalue weighted by atomic mass is 10.0. The van der Waals surface area contributed by atoms with Gasteiger partial charge < -0.3 is 10.6 Å². The highest BCUT2D eigenvalue weighted by Gasteiger charge is 2.13. The average Bonchev–Trinajstić information content (AvgIpc) is 3.11. The fraction of sp³-hybridized carbons (Fsp3) is 0.333. The Hall–Kier alpha value is -1.03. The zero-order valence-corrected chi connectivity index (χ0v) is 12.4. The zero-order chi connectivity index (χ0) is 12.4. The van der Waals surface area contributed by atoms with E-state index in [-0.39, 0.29) is 18.4 Å². The molecule has 1 aliphatic heterocycles. The molecule has 0 radical (unpaired) electrons. The average molecular weight is 295 g/mol. The molecule has 0 bridgehead atoms. The number of nitrogens with zero attached hydrogens (tertiary/aromatic N) is 1. The van der Waals surface area contributed by atoms with Crippen molar-refractivity contribution >= 4 is 29.4 Å². The molecule has 0 saturated carbocycles. The van der Waals surface area contributed by atoms with E-state index in [0.717, 1.165) is 0 Å². The second kappa shape index (κ2) is 6.42. The van der Waals surface area contributed by atoms with Crippen molar-refractivity contribution in [2.45, 2.75) is 18.9 Å². The number of anilines is 1. The summed E-state index contributed by atoms with van der Waals surface area (Å²) in [6, 6.07) is 10.8. The number of thiophene rings is 1. The van der Waals surface area contributed by atoms with Crippen LogP contribution in [0.15, 0.2) is 41.1 Å². The molecule has 0 spiro atoms. The Balaban J connectivity index is 0.00000133. The molecule has 1 saturated heterocycles. The second-order valence-electron chi connectivity index (χ2n) is 4.82. The second-order valence-corrected chi connectivity index (χ2v) is 5.60. The lowest BCUT2D eigenvalue weighted by Gasteiger charge is -2.18. The van der Waals surface area contributed by atoms with Crippen molar-refractivity contribution in [2.24, 2.45) is 5.73 Å². The van der Waals surface area contributed by atoms with Crippen molar-refractivity contribution in [1.29, 1.82) is 0 Å². The molecule has 2 heterocycles. The summed E-state index contributed by atoms with van der Waals surface area (Å²) in [5.74, 6) is 0. The summed E-state index contributed by atoms with van der Waals surface area (Å²) in [6.07, 6.45) is 2.63. The molecule has 2 nitrogen and oxygen atoms in total. The molecule has 1 aromatic carbocycles. The lowest BCUT2D eigenvalue weighted by molar-refractivity contribution is 0.875. The summed E-state index contributed by atoms with van der Waals surface area (Å²) < 4.78 is 0. The predicted octanol–water partition coefficient (Wildman–Crippen LogP) is 3.82. The van der Waals surface area contributed by atoms with Crippen LogP contribution >= 0.6 is 23.7 Å². The molecular formula is C15H19ClN2S. The number of rotatable bonds is 3. The van der Waals surface area contributed by atoms with Crippen LogP contribution in [0.3, 0.4) is 0 Å². The number of nitrogens with two attached hydrogens (primary N) is 1. The first-order valence-corrected chi connectivity index (χ1v) is 7.41. The van der Waals surface area contributed by atoms with Gasteiger partial charge in [-0.3, -0.25) is 0 Å². The molecule has 1 aromatic heterocycles.